The lowest BCUT2D eigenvalue weighted by atomic mass is 9.96. The lowest BCUT2D eigenvalue weighted by Crippen LogP contribution is -2.52. The van der Waals surface area contributed by atoms with Crippen molar-refractivity contribution in [1.82, 2.24) is 15.5 Å². The van der Waals surface area contributed by atoms with Crippen LogP contribution in [-0.2, 0) is 29.1 Å². The molecule has 166 valence electrons. The molecule has 2 aromatic rings. The minimum absolute atomic E-state index is 0.124. The third-order valence-electron chi connectivity index (χ3n) is 6.80. The second-order valence-corrected chi connectivity index (χ2v) is 8.85. The Morgan fingerprint density at radius 2 is 1.88 bits per heavy atom. The topological polar surface area (TPSA) is 90.5 Å². The van der Waals surface area contributed by atoms with Crippen LogP contribution in [-0.4, -0.2) is 41.2 Å². The van der Waals surface area contributed by atoms with Crippen LogP contribution in [0.5, 0.6) is 0 Å². The standard InChI is InChI=1S/C25H28N4O3/c30-23-11-10-22(24(31)28-23)29-15-20-17(5-3-6-19(20)25(29)32)14-26-13-12-18-9-8-16-4-1-2-7-21(16)27-18/h1-7,18,22,26-27H,8-15H2,(H,28,30,31). The summed E-state index contributed by atoms with van der Waals surface area (Å²) in [6.45, 7) is 1.98. The minimum atomic E-state index is -0.575. The van der Waals surface area contributed by atoms with E-state index in [-0.39, 0.29) is 24.1 Å². The summed E-state index contributed by atoms with van der Waals surface area (Å²) >= 11 is 0. The number of fused-ring (bicyclic) bond motifs is 2. The van der Waals surface area contributed by atoms with Crippen LogP contribution in [0.3, 0.4) is 0 Å². The SMILES string of the molecule is O=C1CCC(N2Cc3c(CNCCC4CCc5ccccc5N4)cccc3C2=O)C(=O)N1. The predicted octanol–water partition coefficient (Wildman–Crippen LogP) is 2.35. The van der Waals surface area contributed by atoms with E-state index in [4.69, 9.17) is 0 Å². The fourth-order valence-electron chi connectivity index (χ4n) is 5.03. The van der Waals surface area contributed by atoms with Crippen LogP contribution < -0.4 is 16.0 Å². The van der Waals surface area contributed by atoms with E-state index < -0.39 is 6.04 Å². The Kier molecular flexibility index (Phi) is 5.66. The van der Waals surface area contributed by atoms with Crippen molar-refractivity contribution in [3.8, 4) is 0 Å². The highest BCUT2D eigenvalue weighted by atomic mass is 16.2. The van der Waals surface area contributed by atoms with Gasteiger partial charge in [0.05, 0.1) is 0 Å². The summed E-state index contributed by atoms with van der Waals surface area (Å²) in [5, 5.41) is 9.53. The fourth-order valence-corrected chi connectivity index (χ4v) is 5.03. The Hall–Kier alpha value is -3.19. The van der Waals surface area contributed by atoms with Crippen LogP contribution in [0.25, 0.3) is 0 Å². The van der Waals surface area contributed by atoms with E-state index in [1.54, 1.807) is 4.90 Å². The van der Waals surface area contributed by atoms with Crippen molar-refractivity contribution in [2.45, 2.75) is 57.3 Å². The van der Waals surface area contributed by atoms with E-state index in [9.17, 15) is 14.4 Å². The third kappa shape index (κ3) is 4.00. The van der Waals surface area contributed by atoms with Crippen LogP contribution in [0.4, 0.5) is 5.69 Å². The molecule has 3 aliphatic heterocycles. The smallest absolute Gasteiger partial charge is 0.255 e. The maximum Gasteiger partial charge on any atom is 0.255 e. The number of rotatable bonds is 6. The molecule has 3 amide bonds. The average molecular weight is 433 g/mol. The van der Waals surface area contributed by atoms with Crippen LogP contribution in [0.2, 0.25) is 0 Å². The first-order valence-electron chi connectivity index (χ1n) is 11.4. The molecule has 0 aromatic heterocycles. The van der Waals surface area contributed by atoms with Gasteiger partial charge in [-0.3, -0.25) is 19.7 Å². The van der Waals surface area contributed by atoms with Gasteiger partial charge < -0.3 is 15.5 Å². The van der Waals surface area contributed by atoms with Crippen molar-refractivity contribution >= 4 is 23.4 Å². The van der Waals surface area contributed by atoms with Crippen molar-refractivity contribution in [3.05, 3.63) is 64.7 Å². The lowest BCUT2D eigenvalue weighted by Gasteiger charge is -2.29. The summed E-state index contributed by atoms with van der Waals surface area (Å²) in [5.41, 5.74) is 5.38. The van der Waals surface area contributed by atoms with Crippen LogP contribution in [0.15, 0.2) is 42.5 Å². The van der Waals surface area contributed by atoms with Crippen molar-refractivity contribution in [2.75, 3.05) is 11.9 Å². The Balaban J connectivity index is 1.17. The summed E-state index contributed by atoms with van der Waals surface area (Å²) in [6, 6.07) is 14.2. The van der Waals surface area contributed by atoms with Gasteiger partial charge >= 0.3 is 0 Å². The predicted molar refractivity (Wildman–Crippen MR) is 121 cm³/mol. The summed E-state index contributed by atoms with van der Waals surface area (Å²) in [5.74, 6) is -0.763. The van der Waals surface area contributed by atoms with E-state index in [1.165, 1.54) is 11.3 Å². The molecule has 7 heteroatoms. The van der Waals surface area contributed by atoms with E-state index in [0.717, 1.165) is 36.9 Å². The highest BCUT2D eigenvalue weighted by Gasteiger charge is 2.39. The second-order valence-electron chi connectivity index (χ2n) is 8.85. The van der Waals surface area contributed by atoms with E-state index >= 15 is 0 Å². The number of nitrogens with zero attached hydrogens (tertiary/aromatic N) is 1. The largest absolute Gasteiger partial charge is 0.382 e. The molecule has 0 aliphatic carbocycles. The number of imide groups is 1. The molecule has 0 radical (unpaired) electrons. The second kappa shape index (κ2) is 8.74. The average Bonchev–Trinajstić information content (AvgIpc) is 3.13. The van der Waals surface area contributed by atoms with Crippen molar-refractivity contribution < 1.29 is 14.4 Å². The van der Waals surface area contributed by atoms with Crippen LogP contribution >= 0.6 is 0 Å². The molecule has 1 saturated heterocycles. The van der Waals surface area contributed by atoms with Gasteiger partial charge in [-0.25, -0.2) is 0 Å². The maximum absolute atomic E-state index is 12.9. The van der Waals surface area contributed by atoms with E-state index in [1.807, 2.05) is 18.2 Å². The molecule has 32 heavy (non-hydrogen) atoms. The van der Waals surface area contributed by atoms with E-state index in [2.05, 4.69) is 40.2 Å². The summed E-state index contributed by atoms with van der Waals surface area (Å²) < 4.78 is 0. The summed E-state index contributed by atoms with van der Waals surface area (Å²) in [7, 11) is 0. The fraction of sp³-hybridized carbons (Fsp3) is 0.400. The van der Waals surface area contributed by atoms with Crippen molar-refractivity contribution in [1.29, 1.82) is 0 Å². The van der Waals surface area contributed by atoms with Gasteiger partial charge in [0.15, 0.2) is 0 Å². The first kappa shape index (κ1) is 20.7. The first-order chi connectivity index (χ1) is 15.6. The zero-order valence-corrected chi connectivity index (χ0v) is 18.0. The number of piperidine rings is 1. The first-order valence-corrected chi connectivity index (χ1v) is 11.4. The number of nitrogens with one attached hydrogen (secondary N) is 3. The van der Waals surface area contributed by atoms with Gasteiger partial charge in [-0.15, -0.1) is 0 Å². The molecular weight excluding hydrogens is 404 g/mol. The number of aryl methyl sites for hydroxylation is 1. The van der Waals surface area contributed by atoms with Crippen LogP contribution in [0, 0.1) is 0 Å². The molecule has 2 atom stereocenters. The van der Waals surface area contributed by atoms with Crippen molar-refractivity contribution in [3.63, 3.8) is 0 Å². The Morgan fingerprint density at radius 1 is 1.00 bits per heavy atom. The number of hydrogen-bond acceptors (Lipinski definition) is 5. The monoisotopic (exact) mass is 432 g/mol. The molecule has 3 heterocycles. The highest BCUT2D eigenvalue weighted by Crippen LogP contribution is 2.30. The molecule has 7 nitrogen and oxygen atoms in total. The summed E-state index contributed by atoms with van der Waals surface area (Å²) in [6.07, 6.45) is 3.93. The van der Waals surface area contributed by atoms with Gasteiger partial charge in [0, 0.05) is 36.8 Å². The molecule has 0 saturated carbocycles. The Bertz CT molecular complexity index is 1070. The highest BCUT2D eigenvalue weighted by molar-refractivity contribution is 6.05. The molecular formula is C25H28N4O3. The van der Waals surface area contributed by atoms with Gasteiger partial charge in [-0.2, -0.15) is 0 Å². The summed E-state index contributed by atoms with van der Waals surface area (Å²) in [4.78, 5) is 38.3. The number of benzene rings is 2. The number of para-hydroxylation sites is 1. The van der Waals surface area contributed by atoms with Gasteiger partial charge in [0.1, 0.15) is 6.04 Å². The molecule has 0 spiro atoms. The van der Waals surface area contributed by atoms with Gasteiger partial charge in [0.2, 0.25) is 11.8 Å². The number of anilines is 1. The van der Waals surface area contributed by atoms with Crippen LogP contribution in [0.1, 0.15) is 52.7 Å². The molecule has 2 unspecified atom stereocenters. The zero-order chi connectivity index (χ0) is 22.1. The van der Waals surface area contributed by atoms with E-state index in [0.29, 0.717) is 31.1 Å². The van der Waals surface area contributed by atoms with Crippen molar-refractivity contribution in [2.24, 2.45) is 0 Å². The van der Waals surface area contributed by atoms with Gasteiger partial charge in [0.25, 0.3) is 5.91 Å². The molecule has 3 N–H and O–H groups in total. The third-order valence-corrected chi connectivity index (χ3v) is 6.80. The molecule has 5 rings (SSSR count). The Labute approximate surface area is 187 Å². The van der Waals surface area contributed by atoms with Gasteiger partial charge in [-0.1, -0.05) is 30.3 Å². The van der Waals surface area contributed by atoms with Gasteiger partial charge in [-0.05, 0) is 61.1 Å². The molecule has 3 aliphatic rings. The quantitative estimate of drug-likeness (QED) is 0.482. The minimum Gasteiger partial charge on any atom is -0.382 e. The Morgan fingerprint density at radius 3 is 2.75 bits per heavy atom. The normalized spacial score (nSPS) is 22.2. The molecule has 1 fully saturated rings. The number of carbonyl (C=O) groups is 3. The number of hydrogen-bond donors (Lipinski definition) is 3. The zero-order valence-electron chi connectivity index (χ0n) is 18.0. The lowest BCUT2D eigenvalue weighted by molar-refractivity contribution is -0.136. The number of amides is 3. The maximum atomic E-state index is 12.9. The molecule has 0 bridgehead atoms. The molecule has 2 aromatic carbocycles. The number of carbonyl (C=O) groups excluding carboxylic acids is 3.